The van der Waals surface area contributed by atoms with Gasteiger partial charge in [-0.25, -0.2) is 24.1 Å². The Morgan fingerprint density at radius 2 is 1.62 bits per heavy atom. The normalized spacial score (nSPS) is 15.8. The highest BCUT2D eigenvalue weighted by Gasteiger charge is 2.35. The lowest BCUT2D eigenvalue weighted by Crippen LogP contribution is -2.49. The Labute approximate surface area is 345 Å². The van der Waals surface area contributed by atoms with E-state index in [0.29, 0.717) is 85.5 Å². The highest BCUT2D eigenvalue weighted by atomic mass is 19.4. The molecule has 19 heteroatoms. The predicted molar refractivity (Wildman–Crippen MR) is 214 cm³/mol. The van der Waals surface area contributed by atoms with E-state index in [2.05, 4.69) is 35.8 Å². The van der Waals surface area contributed by atoms with Gasteiger partial charge in [0.15, 0.2) is 0 Å². The zero-order valence-corrected chi connectivity index (χ0v) is 32.3. The third-order valence-electron chi connectivity index (χ3n) is 10.8. The summed E-state index contributed by atoms with van der Waals surface area (Å²) in [5.41, 5.74) is 2.01. The lowest BCUT2D eigenvalue weighted by Gasteiger charge is -2.36. The molecule has 3 aliphatic heterocycles. The van der Waals surface area contributed by atoms with Crippen LogP contribution in [0.2, 0.25) is 0 Å². The molecule has 3 aliphatic rings. The van der Waals surface area contributed by atoms with Gasteiger partial charge in [-0.15, -0.1) is 0 Å². The van der Waals surface area contributed by atoms with Crippen LogP contribution in [0.15, 0.2) is 79.1 Å². The molecule has 0 aliphatic carbocycles. The molecular formula is C42H36F5N11O3. The fraction of sp³-hybridized carbons (Fsp3) is 0.262. The average Bonchev–Trinajstić information content (AvgIpc) is 3.24. The number of benzene rings is 3. The number of piperazine rings is 1. The lowest BCUT2D eigenvalue weighted by molar-refractivity contribution is -0.137. The number of rotatable bonds is 9. The number of imide groups is 1. The van der Waals surface area contributed by atoms with Gasteiger partial charge < -0.3 is 20.4 Å². The van der Waals surface area contributed by atoms with Crippen LogP contribution in [-0.4, -0.2) is 77.0 Å². The topological polar surface area (TPSA) is 163 Å². The molecule has 0 bridgehead atoms. The summed E-state index contributed by atoms with van der Waals surface area (Å²) >= 11 is 0. The highest BCUT2D eigenvalue weighted by molar-refractivity contribution is 6.06. The molecule has 312 valence electrons. The number of hydrogen-bond acceptors (Lipinski definition) is 11. The van der Waals surface area contributed by atoms with Crippen molar-refractivity contribution in [3.63, 3.8) is 0 Å². The predicted octanol–water partition coefficient (Wildman–Crippen LogP) is 6.37. The monoisotopic (exact) mass is 837 g/mol. The van der Waals surface area contributed by atoms with Gasteiger partial charge in [0.1, 0.15) is 23.8 Å². The summed E-state index contributed by atoms with van der Waals surface area (Å²) in [7, 11) is 0. The maximum absolute atomic E-state index is 15.3. The van der Waals surface area contributed by atoms with E-state index in [0.717, 1.165) is 17.7 Å². The maximum Gasteiger partial charge on any atom is 0.417 e. The molecule has 2 aromatic heterocycles. The van der Waals surface area contributed by atoms with E-state index in [1.165, 1.54) is 35.5 Å². The summed E-state index contributed by atoms with van der Waals surface area (Å²) < 4.78 is 71.2. The number of urea groups is 1. The first-order valence-corrected chi connectivity index (χ1v) is 19.2. The molecule has 4 amide bonds. The van der Waals surface area contributed by atoms with Gasteiger partial charge in [0, 0.05) is 74.9 Å². The molecule has 5 aromatic rings. The Morgan fingerprint density at radius 3 is 2.33 bits per heavy atom. The van der Waals surface area contributed by atoms with Crippen molar-refractivity contribution in [2.45, 2.75) is 32.1 Å². The van der Waals surface area contributed by atoms with Crippen molar-refractivity contribution >= 4 is 52.2 Å². The Kier molecular flexibility index (Phi) is 11.2. The molecule has 14 nitrogen and oxygen atoms in total. The number of nitrogens with zero attached hydrogens (tertiary/aromatic N) is 8. The second-order valence-electron chi connectivity index (χ2n) is 14.6. The summed E-state index contributed by atoms with van der Waals surface area (Å²) in [6.07, 6.45) is -2.91. The Balaban J connectivity index is 0.833. The van der Waals surface area contributed by atoms with Gasteiger partial charge in [0.25, 0.3) is 5.91 Å². The maximum atomic E-state index is 15.3. The number of fused-ring (bicyclic) bond motifs is 1. The van der Waals surface area contributed by atoms with E-state index in [1.807, 2.05) is 17.0 Å². The van der Waals surface area contributed by atoms with Crippen LogP contribution in [0.5, 0.6) is 0 Å². The third-order valence-corrected chi connectivity index (χ3v) is 10.8. The number of carbonyl (C=O) groups excluding carboxylic acids is 3. The van der Waals surface area contributed by atoms with Gasteiger partial charge in [-0.1, -0.05) is 12.1 Å². The van der Waals surface area contributed by atoms with Crippen LogP contribution in [0.1, 0.15) is 44.7 Å². The van der Waals surface area contributed by atoms with Gasteiger partial charge in [-0.2, -0.15) is 22.8 Å². The molecule has 2 saturated heterocycles. The summed E-state index contributed by atoms with van der Waals surface area (Å²) in [6.45, 7) is 3.79. The summed E-state index contributed by atoms with van der Waals surface area (Å²) in [5, 5.41) is 17.1. The minimum atomic E-state index is -4.69. The van der Waals surface area contributed by atoms with Crippen LogP contribution < -0.4 is 30.7 Å². The number of hydrogen-bond donors (Lipinski definition) is 3. The molecule has 3 N–H and O–H groups in total. The zero-order valence-electron chi connectivity index (χ0n) is 32.3. The van der Waals surface area contributed by atoms with E-state index in [-0.39, 0.29) is 36.8 Å². The van der Waals surface area contributed by atoms with Gasteiger partial charge in [0.05, 0.1) is 40.7 Å². The molecule has 3 aromatic carbocycles. The molecule has 0 atom stereocenters. The number of alkyl halides is 3. The van der Waals surface area contributed by atoms with Gasteiger partial charge in [-0.05, 0) is 72.6 Å². The molecule has 0 saturated carbocycles. The standard InChI is InChI=1S/C42H36F5N11O3/c43-33-20-29(58-14-12-37(59)54-41(58)61)7-9-35(33)56-17-15-55(16-18-56)22-25-1-4-27(5-2-25)51-40(60)31-8-10-36(52-38(31)44)53-39-30-11-13-57(23-34(30)49-24-50-39)28-6-3-26(21-48)32(19-28)42(45,46)47/h1-10,19-20,24H,11-18,22-23H2,(H,51,60)(H,54,59,61)(H,49,50,52,53). The quantitative estimate of drug-likeness (QED) is 0.112. The van der Waals surface area contributed by atoms with Gasteiger partial charge in [0.2, 0.25) is 11.9 Å². The molecule has 8 rings (SSSR count). The third kappa shape index (κ3) is 8.89. The van der Waals surface area contributed by atoms with E-state index in [9.17, 15) is 27.6 Å². The van der Waals surface area contributed by atoms with Crippen LogP contribution in [0.4, 0.5) is 61.1 Å². The minimum absolute atomic E-state index is 0.0792. The van der Waals surface area contributed by atoms with E-state index in [4.69, 9.17) is 5.26 Å². The van der Waals surface area contributed by atoms with E-state index >= 15 is 8.78 Å². The lowest BCUT2D eigenvalue weighted by atomic mass is 10.0. The van der Waals surface area contributed by atoms with Crippen molar-refractivity contribution in [3.8, 4) is 6.07 Å². The first kappa shape index (κ1) is 40.6. The van der Waals surface area contributed by atoms with Crippen molar-refractivity contribution in [2.75, 3.05) is 64.6 Å². The molecule has 0 unspecified atom stereocenters. The molecular weight excluding hydrogens is 802 g/mol. The smallest absolute Gasteiger partial charge is 0.367 e. The van der Waals surface area contributed by atoms with Crippen LogP contribution in [-0.2, 0) is 30.5 Å². The second kappa shape index (κ2) is 16.8. The number of anilines is 6. The molecule has 0 spiro atoms. The number of halogens is 5. The Hall–Kier alpha value is -7.20. The summed E-state index contributed by atoms with van der Waals surface area (Å²) in [6, 6.07) is 19.1. The zero-order chi connectivity index (χ0) is 42.8. The minimum Gasteiger partial charge on any atom is -0.367 e. The number of carbonyl (C=O) groups is 3. The van der Waals surface area contributed by atoms with Crippen LogP contribution in [0.25, 0.3) is 0 Å². The van der Waals surface area contributed by atoms with E-state index in [1.54, 1.807) is 35.2 Å². The van der Waals surface area contributed by atoms with Crippen molar-refractivity contribution in [1.82, 2.24) is 25.2 Å². The van der Waals surface area contributed by atoms with E-state index < -0.39 is 41.0 Å². The SMILES string of the molecule is N#Cc1ccc(N2CCc3c(ncnc3Nc3ccc(C(=O)Nc4ccc(CN5CCN(c6ccc(N7CCC(=O)NC7=O)cc6F)CC5)cc4)c(F)n3)C2)cc1C(F)(F)F. The molecule has 61 heavy (non-hydrogen) atoms. The molecule has 5 heterocycles. The first-order valence-electron chi connectivity index (χ1n) is 19.2. The number of amides is 4. The summed E-state index contributed by atoms with van der Waals surface area (Å²) in [5.74, 6) is -2.11. The fourth-order valence-corrected chi connectivity index (χ4v) is 7.57. The van der Waals surface area contributed by atoms with Crippen molar-refractivity contribution < 1.29 is 36.3 Å². The highest BCUT2D eigenvalue weighted by Crippen LogP contribution is 2.36. The summed E-state index contributed by atoms with van der Waals surface area (Å²) in [4.78, 5) is 56.5. The first-order chi connectivity index (χ1) is 29.3. The number of nitrogens with one attached hydrogen (secondary N) is 3. The van der Waals surface area contributed by atoms with Crippen molar-refractivity contribution in [2.24, 2.45) is 0 Å². The Morgan fingerprint density at radius 1 is 0.852 bits per heavy atom. The Bertz CT molecular complexity index is 2560. The number of pyridine rings is 1. The van der Waals surface area contributed by atoms with Gasteiger partial charge >= 0.3 is 12.2 Å². The average molecular weight is 838 g/mol. The van der Waals surface area contributed by atoms with Crippen molar-refractivity contribution in [3.05, 3.63) is 124 Å². The van der Waals surface area contributed by atoms with Crippen molar-refractivity contribution in [1.29, 1.82) is 5.26 Å². The second-order valence-corrected chi connectivity index (χ2v) is 14.6. The molecule has 0 radical (unpaired) electrons. The van der Waals surface area contributed by atoms with Crippen LogP contribution >= 0.6 is 0 Å². The number of nitriles is 1. The van der Waals surface area contributed by atoms with Gasteiger partial charge in [-0.3, -0.25) is 24.7 Å². The number of aromatic nitrogens is 3. The van der Waals surface area contributed by atoms with Crippen LogP contribution in [0, 0.1) is 23.1 Å². The van der Waals surface area contributed by atoms with Crippen LogP contribution in [0.3, 0.4) is 0 Å². The largest absolute Gasteiger partial charge is 0.417 e. The fourth-order valence-electron chi connectivity index (χ4n) is 7.57. The molecule has 2 fully saturated rings.